The number of benzene rings is 2. The Balaban J connectivity index is 1.86. The van der Waals surface area contributed by atoms with Gasteiger partial charge in [0.15, 0.2) is 0 Å². The van der Waals surface area contributed by atoms with Gasteiger partial charge in [0.2, 0.25) is 0 Å². The van der Waals surface area contributed by atoms with Gasteiger partial charge in [-0.25, -0.2) is 0 Å². The summed E-state index contributed by atoms with van der Waals surface area (Å²) in [4.78, 5) is 12.7. The van der Waals surface area contributed by atoms with Crippen LogP contribution in [0.4, 0.5) is 0 Å². The Hall–Kier alpha value is -2.10. The van der Waals surface area contributed by atoms with Crippen LogP contribution in [0.1, 0.15) is 27.6 Å². The van der Waals surface area contributed by atoms with Crippen molar-refractivity contribution in [3.8, 4) is 6.07 Å². The highest BCUT2D eigenvalue weighted by atomic mass is 35.5. The van der Waals surface area contributed by atoms with Gasteiger partial charge in [0.25, 0.3) is 5.91 Å². The first-order chi connectivity index (χ1) is 12.6. The first-order valence-corrected chi connectivity index (χ1v) is 8.93. The molecule has 0 unspecified atom stereocenters. The van der Waals surface area contributed by atoms with E-state index in [9.17, 15) is 10.1 Å². The van der Waals surface area contributed by atoms with Crippen LogP contribution in [-0.4, -0.2) is 31.6 Å². The van der Waals surface area contributed by atoms with Gasteiger partial charge >= 0.3 is 0 Å². The van der Waals surface area contributed by atoms with Gasteiger partial charge in [0, 0.05) is 13.1 Å². The SMILES string of the molecule is N#Cc1ccccc1C(=O)N[C@@H]1CNCCO[C@H]1c1ccc(Cl)c(Cl)c1. The molecule has 1 heterocycles. The van der Waals surface area contributed by atoms with E-state index >= 15 is 0 Å². The number of hydrogen-bond acceptors (Lipinski definition) is 4. The van der Waals surface area contributed by atoms with E-state index in [-0.39, 0.29) is 18.1 Å². The topological polar surface area (TPSA) is 74.2 Å². The molecule has 1 saturated heterocycles. The molecule has 0 aliphatic carbocycles. The molecule has 2 aromatic carbocycles. The molecule has 0 aromatic heterocycles. The summed E-state index contributed by atoms with van der Waals surface area (Å²) in [5, 5.41) is 16.3. The lowest BCUT2D eigenvalue weighted by Crippen LogP contribution is -2.45. The number of rotatable bonds is 3. The highest BCUT2D eigenvalue weighted by molar-refractivity contribution is 6.42. The Morgan fingerprint density at radius 1 is 1.23 bits per heavy atom. The van der Waals surface area contributed by atoms with Crippen LogP contribution in [0.25, 0.3) is 0 Å². The standard InChI is InChI=1S/C19H17Cl2N3O2/c20-15-6-5-12(9-16(15)21)18-17(11-23-7-8-26-18)24-19(25)14-4-2-1-3-13(14)10-22/h1-6,9,17-18,23H,7-8,11H2,(H,24,25)/t17-,18+/m1/s1. The Kier molecular flexibility index (Phi) is 6.12. The summed E-state index contributed by atoms with van der Waals surface area (Å²) in [6, 6.07) is 13.7. The monoisotopic (exact) mass is 389 g/mol. The third kappa shape index (κ3) is 4.17. The molecule has 7 heteroatoms. The van der Waals surface area contributed by atoms with Crippen molar-refractivity contribution >= 4 is 29.1 Å². The van der Waals surface area contributed by atoms with Gasteiger partial charge in [-0.1, -0.05) is 41.4 Å². The van der Waals surface area contributed by atoms with Gasteiger partial charge < -0.3 is 15.4 Å². The van der Waals surface area contributed by atoms with Crippen molar-refractivity contribution in [2.75, 3.05) is 19.7 Å². The van der Waals surface area contributed by atoms with Gasteiger partial charge in [0.05, 0.1) is 39.9 Å². The molecule has 1 aliphatic heterocycles. The van der Waals surface area contributed by atoms with E-state index in [0.717, 1.165) is 5.56 Å². The van der Waals surface area contributed by atoms with Crippen LogP contribution < -0.4 is 10.6 Å². The van der Waals surface area contributed by atoms with Crippen molar-refractivity contribution in [1.29, 1.82) is 5.26 Å². The number of carbonyl (C=O) groups excluding carboxylic acids is 1. The van der Waals surface area contributed by atoms with Crippen molar-refractivity contribution in [2.45, 2.75) is 12.1 Å². The fraction of sp³-hybridized carbons (Fsp3) is 0.263. The maximum atomic E-state index is 12.7. The van der Waals surface area contributed by atoms with Gasteiger partial charge in [-0.2, -0.15) is 5.26 Å². The Labute approximate surface area is 161 Å². The highest BCUT2D eigenvalue weighted by Gasteiger charge is 2.28. The maximum Gasteiger partial charge on any atom is 0.252 e. The maximum absolute atomic E-state index is 12.7. The average Bonchev–Trinajstić information content (AvgIpc) is 2.89. The van der Waals surface area contributed by atoms with E-state index < -0.39 is 0 Å². The molecule has 0 bridgehead atoms. The summed E-state index contributed by atoms with van der Waals surface area (Å²) in [5.41, 5.74) is 1.51. The van der Waals surface area contributed by atoms with E-state index in [1.54, 1.807) is 36.4 Å². The van der Waals surface area contributed by atoms with Crippen molar-refractivity contribution in [1.82, 2.24) is 10.6 Å². The zero-order chi connectivity index (χ0) is 18.5. The molecule has 5 nitrogen and oxygen atoms in total. The minimum atomic E-state index is -0.377. The summed E-state index contributed by atoms with van der Waals surface area (Å²) in [5.74, 6) is -0.315. The predicted molar refractivity (Wildman–Crippen MR) is 100 cm³/mol. The molecule has 0 spiro atoms. The van der Waals surface area contributed by atoms with Crippen molar-refractivity contribution in [2.24, 2.45) is 0 Å². The molecular weight excluding hydrogens is 373 g/mol. The van der Waals surface area contributed by atoms with Crippen LogP contribution in [0.2, 0.25) is 10.0 Å². The van der Waals surface area contributed by atoms with Gasteiger partial charge in [-0.05, 0) is 29.8 Å². The second-order valence-electron chi connectivity index (χ2n) is 5.91. The second-order valence-corrected chi connectivity index (χ2v) is 6.72. The van der Waals surface area contributed by atoms with Crippen LogP contribution >= 0.6 is 23.2 Å². The number of amides is 1. The number of nitriles is 1. The molecule has 26 heavy (non-hydrogen) atoms. The summed E-state index contributed by atoms with van der Waals surface area (Å²) >= 11 is 12.1. The lowest BCUT2D eigenvalue weighted by atomic mass is 10.0. The molecule has 2 aromatic rings. The quantitative estimate of drug-likeness (QED) is 0.843. The van der Waals surface area contributed by atoms with E-state index in [0.29, 0.717) is 40.9 Å². The number of nitrogens with zero attached hydrogens (tertiary/aromatic N) is 1. The summed E-state index contributed by atoms with van der Waals surface area (Å²) in [7, 11) is 0. The van der Waals surface area contributed by atoms with Crippen molar-refractivity contribution < 1.29 is 9.53 Å². The third-order valence-corrected chi connectivity index (χ3v) is 4.93. The minimum Gasteiger partial charge on any atom is -0.370 e. The molecule has 1 fully saturated rings. The van der Waals surface area contributed by atoms with E-state index in [4.69, 9.17) is 27.9 Å². The smallest absolute Gasteiger partial charge is 0.252 e. The van der Waals surface area contributed by atoms with Crippen molar-refractivity contribution in [3.05, 3.63) is 69.2 Å². The van der Waals surface area contributed by atoms with E-state index in [2.05, 4.69) is 10.6 Å². The molecule has 2 atom stereocenters. The third-order valence-electron chi connectivity index (χ3n) is 4.19. The molecule has 0 saturated carbocycles. The predicted octanol–water partition coefficient (Wildman–Crippen LogP) is 3.32. The molecule has 2 N–H and O–H groups in total. The van der Waals surface area contributed by atoms with Crippen LogP contribution in [-0.2, 0) is 4.74 Å². The van der Waals surface area contributed by atoms with Crippen LogP contribution in [0, 0.1) is 11.3 Å². The Morgan fingerprint density at radius 2 is 2.04 bits per heavy atom. The summed E-state index contributed by atoms with van der Waals surface area (Å²) in [6.45, 7) is 1.72. The number of hydrogen-bond donors (Lipinski definition) is 2. The Morgan fingerprint density at radius 3 is 2.81 bits per heavy atom. The molecule has 3 rings (SSSR count). The summed E-state index contributed by atoms with van der Waals surface area (Å²) in [6.07, 6.45) is -0.377. The molecular formula is C19H17Cl2N3O2. The number of nitrogens with one attached hydrogen (secondary N) is 2. The van der Waals surface area contributed by atoms with Gasteiger partial charge in [-0.15, -0.1) is 0 Å². The lowest BCUT2D eigenvalue weighted by molar-refractivity contribution is 0.0417. The fourth-order valence-corrected chi connectivity index (χ4v) is 3.21. The number of carbonyl (C=O) groups is 1. The lowest BCUT2D eigenvalue weighted by Gasteiger charge is -2.26. The molecule has 1 aliphatic rings. The first-order valence-electron chi connectivity index (χ1n) is 8.17. The zero-order valence-electron chi connectivity index (χ0n) is 13.8. The van der Waals surface area contributed by atoms with E-state index in [1.165, 1.54) is 0 Å². The first kappa shape index (κ1) is 18.7. The van der Waals surface area contributed by atoms with E-state index in [1.807, 2.05) is 12.1 Å². The Bertz CT molecular complexity index is 851. The minimum absolute atomic E-state index is 0.315. The van der Waals surface area contributed by atoms with Crippen molar-refractivity contribution in [3.63, 3.8) is 0 Å². The van der Waals surface area contributed by atoms with Gasteiger partial charge in [-0.3, -0.25) is 4.79 Å². The average molecular weight is 390 g/mol. The zero-order valence-corrected chi connectivity index (χ0v) is 15.3. The van der Waals surface area contributed by atoms with Gasteiger partial charge in [0.1, 0.15) is 6.10 Å². The number of ether oxygens (including phenoxy) is 1. The highest BCUT2D eigenvalue weighted by Crippen LogP contribution is 2.29. The van der Waals surface area contributed by atoms with Crippen LogP contribution in [0.15, 0.2) is 42.5 Å². The largest absolute Gasteiger partial charge is 0.370 e. The normalized spacial score (nSPS) is 20.0. The van der Waals surface area contributed by atoms with Crippen LogP contribution in [0.3, 0.4) is 0 Å². The molecule has 0 radical (unpaired) electrons. The summed E-state index contributed by atoms with van der Waals surface area (Å²) < 4.78 is 5.95. The fourth-order valence-electron chi connectivity index (χ4n) is 2.91. The number of halogens is 2. The second kappa shape index (κ2) is 8.52. The molecule has 134 valence electrons. The molecule has 1 amide bonds. The van der Waals surface area contributed by atoms with Crippen LogP contribution in [0.5, 0.6) is 0 Å².